The minimum Gasteiger partial charge on any atom is -0.379 e. The Balaban J connectivity index is 1.59. The van der Waals surface area contributed by atoms with Crippen molar-refractivity contribution in [1.82, 2.24) is 14.5 Å². The van der Waals surface area contributed by atoms with Crippen molar-refractivity contribution in [1.29, 1.82) is 0 Å². The third-order valence-electron chi connectivity index (χ3n) is 5.89. The molecule has 10 heteroatoms. The summed E-state index contributed by atoms with van der Waals surface area (Å²) in [6.07, 6.45) is 0.362. The van der Waals surface area contributed by atoms with Crippen LogP contribution in [0.1, 0.15) is 24.5 Å². The lowest BCUT2D eigenvalue weighted by molar-refractivity contribution is -0.132. The molecule has 0 unspecified atom stereocenters. The van der Waals surface area contributed by atoms with Crippen molar-refractivity contribution in [3.05, 3.63) is 64.7 Å². The number of urea groups is 1. The van der Waals surface area contributed by atoms with Gasteiger partial charge in [0.25, 0.3) is 5.91 Å². The lowest BCUT2D eigenvalue weighted by Crippen LogP contribution is -2.43. The van der Waals surface area contributed by atoms with Crippen LogP contribution in [0, 0.1) is 0 Å². The SMILES string of the molecule is CC[C@]1(c2ccc(Cl)cc2)NC(=O)N(Cc2cccc(S(=O)(=O)N3CCOCC3)c2)C1=O. The van der Waals surface area contributed by atoms with Gasteiger partial charge in [-0.2, -0.15) is 4.31 Å². The standard InChI is InChI=1S/C22H24ClN3O5S/c1-2-22(17-6-8-18(23)9-7-17)20(27)26(21(28)24-22)15-16-4-3-5-19(14-16)32(29,30)25-10-12-31-13-11-25/h3-9,14H,2,10-13,15H2,1H3,(H,24,28)/t22-/m1/s1. The van der Waals surface area contributed by atoms with E-state index < -0.39 is 21.6 Å². The number of nitrogens with zero attached hydrogens (tertiary/aromatic N) is 2. The first kappa shape index (κ1) is 22.7. The van der Waals surface area contributed by atoms with Gasteiger partial charge in [-0.1, -0.05) is 42.8 Å². The highest BCUT2D eigenvalue weighted by Gasteiger charge is 2.51. The predicted octanol–water partition coefficient (Wildman–Crippen LogP) is 2.72. The van der Waals surface area contributed by atoms with E-state index in [4.69, 9.17) is 16.3 Å². The Morgan fingerprint density at radius 3 is 2.44 bits per heavy atom. The molecule has 2 aliphatic heterocycles. The van der Waals surface area contributed by atoms with Gasteiger partial charge in [-0.15, -0.1) is 0 Å². The number of carbonyl (C=O) groups excluding carboxylic acids is 2. The van der Waals surface area contributed by atoms with Gasteiger partial charge < -0.3 is 10.1 Å². The zero-order chi connectivity index (χ0) is 22.9. The quantitative estimate of drug-likeness (QED) is 0.645. The lowest BCUT2D eigenvalue weighted by atomic mass is 9.87. The fraction of sp³-hybridized carbons (Fsp3) is 0.364. The molecule has 2 saturated heterocycles. The molecule has 1 N–H and O–H groups in total. The number of benzene rings is 2. The maximum absolute atomic E-state index is 13.4. The summed E-state index contributed by atoms with van der Waals surface area (Å²) in [7, 11) is -3.68. The van der Waals surface area contributed by atoms with E-state index in [2.05, 4.69) is 5.32 Å². The van der Waals surface area contributed by atoms with Gasteiger partial charge in [-0.3, -0.25) is 9.69 Å². The molecule has 3 amide bonds. The first-order valence-electron chi connectivity index (χ1n) is 10.3. The second-order valence-electron chi connectivity index (χ2n) is 7.75. The van der Waals surface area contributed by atoms with Crippen molar-refractivity contribution in [2.75, 3.05) is 26.3 Å². The van der Waals surface area contributed by atoms with Gasteiger partial charge in [-0.05, 0) is 41.8 Å². The number of imide groups is 1. The number of ether oxygens (including phenoxy) is 1. The van der Waals surface area contributed by atoms with Gasteiger partial charge in [0.1, 0.15) is 5.54 Å². The van der Waals surface area contributed by atoms with Crippen molar-refractivity contribution in [3.63, 3.8) is 0 Å². The van der Waals surface area contributed by atoms with E-state index >= 15 is 0 Å². The largest absolute Gasteiger partial charge is 0.379 e. The van der Waals surface area contributed by atoms with Crippen LogP contribution in [0.4, 0.5) is 4.79 Å². The molecule has 2 aliphatic rings. The number of rotatable bonds is 6. The molecule has 32 heavy (non-hydrogen) atoms. The number of halogens is 1. The molecule has 2 fully saturated rings. The van der Waals surface area contributed by atoms with Gasteiger partial charge in [-0.25, -0.2) is 13.2 Å². The third-order valence-corrected chi connectivity index (χ3v) is 8.04. The normalized spacial score (nSPS) is 22.2. The van der Waals surface area contributed by atoms with Crippen LogP contribution in [0.5, 0.6) is 0 Å². The van der Waals surface area contributed by atoms with Gasteiger partial charge >= 0.3 is 6.03 Å². The summed E-state index contributed by atoms with van der Waals surface area (Å²) in [6, 6.07) is 12.6. The summed E-state index contributed by atoms with van der Waals surface area (Å²) in [6.45, 7) is 3.08. The molecule has 0 saturated carbocycles. The maximum Gasteiger partial charge on any atom is 0.325 e. The number of hydrogen-bond acceptors (Lipinski definition) is 5. The molecule has 8 nitrogen and oxygen atoms in total. The van der Waals surface area contributed by atoms with E-state index in [-0.39, 0.29) is 17.3 Å². The molecular weight excluding hydrogens is 454 g/mol. The highest BCUT2D eigenvalue weighted by Crippen LogP contribution is 2.34. The van der Waals surface area contributed by atoms with Gasteiger partial charge in [0.2, 0.25) is 10.0 Å². The molecule has 0 radical (unpaired) electrons. The number of morpholine rings is 1. The third kappa shape index (κ3) is 4.01. The summed E-state index contributed by atoms with van der Waals surface area (Å²) in [5.41, 5.74) is 0.0128. The van der Waals surface area contributed by atoms with Crippen LogP contribution in [0.3, 0.4) is 0 Å². The lowest BCUT2D eigenvalue weighted by Gasteiger charge is -2.26. The fourth-order valence-electron chi connectivity index (χ4n) is 4.07. The van der Waals surface area contributed by atoms with Gasteiger partial charge in [0, 0.05) is 18.1 Å². The number of carbonyl (C=O) groups is 2. The minimum atomic E-state index is -3.68. The second-order valence-corrected chi connectivity index (χ2v) is 10.1. The van der Waals surface area contributed by atoms with E-state index in [0.717, 1.165) is 4.90 Å². The first-order valence-corrected chi connectivity index (χ1v) is 12.2. The average Bonchev–Trinajstić information content (AvgIpc) is 3.05. The van der Waals surface area contributed by atoms with E-state index in [0.29, 0.717) is 48.9 Å². The number of amides is 3. The van der Waals surface area contributed by atoms with Crippen molar-refractivity contribution in [2.24, 2.45) is 0 Å². The van der Waals surface area contributed by atoms with Crippen molar-refractivity contribution < 1.29 is 22.7 Å². The highest BCUT2D eigenvalue weighted by atomic mass is 35.5. The summed E-state index contributed by atoms with van der Waals surface area (Å²) in [4.78, 5) is 27.4. The number of nitrogens with one attached hydrogen (secondary N) is 1. The van der Waals surface area contributed by atoms with E-state index in [1.807, 2.05) is 6.92 Å². The summed E-state index contributed by atoms with van der Waals surface area (Å²) >= 11 is 5.97. The Labute approximate surface area is 192 Å². The van der Waals surface area contributed by atoms with Crippen LogP contribution in [0.25, 0.3) is 0 Å². The van der Waals surface area contributed by atoms with Crippen molar-refractivity contribution in [2.45, 2.75) is 30.3 Å². The second kappa shape index (κ2) is 8.82. The predicted molar refractivity (Wildman–Crippen MR) is 119 cm³/mol. The molecule has 0 aliphatic carbocycles. The Hall–Kier alpha value is -2.46. The van der Waals surface area contributed by atoms with Gasteiger partial charge in [0.05, 0.1) is 24.7 Å². The monoisotopic (exact) mass is 477 g/mol. The van der Waals surface area contributed by atoms with Crippen LogP contribution >= 0.6 is 11.6 Å². The van der Waals surface area contributed by atoms with E-state index in [1.54, 1.807) is 36.4 Å². The molecule has 2 aromatic carbocycles. The molecule has 0 bridgehead atoms. The number of hydrogen-bond donors (Lipinski definition) is 1. The van der Waals surface area contributed by atoms with Crippen LogP contribution < -0.4 is 5.32 Å². The summed E-state index contributed by atoms with van der Waals surface area (Å²) in [5, 5.41) is 3.36. The Bertz CT molecular complexity index is 1130. The molecule has 0 aromatic heterocycles. The smallest absolute Gasteiger partial charge is 0.325 e. The molecular formula is C22H24ClN3O5S. The molecule has 0 spiro atoms. The average molecular weight is 478 g/mol. The van der Waals surface area contributed by atoms with Gasteiger partial charge in [0.15, 0.2) is 0 Å². The molecule has 4 rings (SSSR count). The first-order chi connectivity index (χ1) is 15.3. The zero-order valence-corrected chi connectivity index (χ0v) is 19.2. The van der Waals surface area contributed by atoms with Crippen LogP contribution in [-0.4, -0.2) is 55.9 Å². The molecule has 2 heterocycles. The zero-order valence-electron chi connectivity index (χ0n) is 17.6. The fourth-order valence-corrected chi connectivity index (χ4v) is 5.67. The molecule has 2 aromatic rings. The van der Waals surface area contributed by atoms with Crippen LogP contribution in [-0.2, 0) is 31.6 Å². The van der Waals surface area contributed by atoms with Crippen molar-refractivity contribution >= 4 is 33.6 Å². The summed E-state index contributed by atoms with van der Waals surface area (Å²) in [5.74, 6) is -0.381. The van der Waals surface area contributed by atoms with Crippen molar-refractivity contribution in [3.8, 4) is 0 Å². The molecule has 170 valence electrons. The topological polar surface area (TPSA) is 96.0 Å². The summed E-state index contributed by atoms with van der Waals surface area (Å²) < 4.78 is 32.6. The Morgan fingerprint density at radius 1 is 1.09 bits per heavy atom. The van der Waals surface area contributed by atoms with Crippen LogP contribution in [0.15, 0.2) is 53.4 Å². The minimum absolute atomic E-state index is 0.0352. The van der Waals surface area contributed by atoms with Crippen LogP contribution in [0.2, 0.25) is 5.02 Å². The molecule has 1 atom stereocenters. The Kier molecular flexibility index (Phi) is 6.26. The number of sulfonamides is 1. The highest BCUT2D eigenvalue weighted by molar-refractivity contribution is 7.89. The van der Waals surface area contributed by atoms with E-state index in [1.165, 1.54) is 16.4 Å². The Morgan fingerprint density at radius 2 is 1.78 bits per heavy atom. The maximum atomic E-state index is 13.4. The van der Waals surface area contributed by atoms with E-state index in [9.17, 15) is 18.0 Å².